The van der Waals surface area contributed by atoms with Gasteiger partial charge in [-0.1, -0.05) is 34.8 Å². The van der Waals surface area contributed by atoms with Crippen LogP contribution in [0.4, 0.5) is 0 Å². The van der Waals surface area contributed by atoms with Crippen LogP contribution in [-0.4, -0.2) is 10.1 Å². The van der Waals surface area contributed by atoms with Gasteiger partial charge in [-0.3, -0.25) is 0 Å². The molecule has 0 fully saturated rings. The Morgan fingerprint density at radius 3 is 2.50 bits per heavy atom. The van der Waals surface area contributed by atoms with Crippen LogP contribution in [0.25, 0.3) is 10.9 Å². The second-order valence-electron chi connectivity index (χ2n) is 2.72. The zero-order chi connectivity index (χ0) is 10.3. The predicted molar refractivity (Wildman–Crippen MR) is 58.4 cm³/mol. The summed E-state index contributed by atoms with van der Waals surface area (Å²) in [6, 6.07) is 4.58. The van der Waals surface area contributed by atoms with E-state index in [4.69, 9.17) is 34.8 Å². The van der Waals surface area contributed by atoms with Crippen LogP contribution in [0.3, 0.4) is 0 Å². The molecule has 2 aromatic rings. The molecule has 2 nitrogen and oxygen atoms in total. The molecule has 1 heterocycles. The van der Waals surface area contributed by atoms with Crippen molar-refractivity contribution in [2.24, 2.45) is 0 Å². The van der Waals surface area contributed by atoms with Crippen LogP contribution in [0.2, 0.25) is 15.1 Å². The average molecular weight is 248 g/mol. The van der Waals surface area contributed by atoms with Crippen molar-refractivity contribution >= 4 is 45.7 Å². The van der Waals surface area contributed by atoms with Gasteiger partial charge in [0.05, 0.1) is 20.6 Å². The number of fused-ring (bicyclic) bond motifs is 1. The van der Waals surface area contributed by atoms with Crippen molar-refractivity contribution in [2.75, 3.05) is 0 Å². The molecule has 2 rings (SSSR count). The van der Waals surface area contributed by atoms with Gasteiger partial charge in [0.2, 0.25) is 5.88 Å². The van der Waals surface area contributed by atoms with Crippen molar-refractivity contribution in [2.45, 2.75) is 0 Å². The van der Waals surface area contributed by atoms with Crippen molar-refractivity contribution in [1.82, 2.24) is 4.98 Å². The predicted octanol–water partition coefficient (Wildman–Crippen LogP) is 3.90. The minimum atomic E-state index is -0.138. The van der Waals surface area contributed by atoms with E-state index in [-0.39, 0.29) is 5.88 Å². The minimum Gasteiger partial charge on any atom is -0.493 e. The lowest BCUT2D eigenvalue weighted by Crippen LogP contribution is -1.82. The summed E-state index contributed by atoms with van der Waals surface area (Å²) in [6.45, 7) is 0. The second-order valence-corrected chi connectivity index (χ2v) is 3.91. The fraction of sp³-hybridized carbons (Fsp3) is 0. The van der Waals surface area contributed by atoms with Gasteiger partial charge in [0.1, 0.15) is 0 Å². The smallest absolute Gasteiger partial charge is 0.212 e. The van der Waals surface area contributed by atoms with Crippen LogP contribution < -0.4 is 0 Å². The molecule has 0 atom stereocenters. The van der Waals surface area contributed by atoms with Crippen LogP contribution in [0.15, 0.2) is 18.2 Å². The number of halogens is 3. The Hall–Kier alpha value is -0.700. The lowest BCUT2D eigenvalue weighted by molar-refractivity contribution is 0.456. The third-order valence-corrected chi connectivity index (χ3v) is 2.90. The first-order valence-electron chi connectivity index (χ1n) is 3.73. The van der Waals surface area contributed by atoms with Gasteiger partial charge >= 0.3 is 0 Å². The molecule has 0 radical (unpaired) electrons. The molecule has 72 valence electrons. The summed E-state index contributed by atoms with van der Waals surface area (Å²) in [6.07, 6.45) is 0. The minimum absolute atomic E-state index is 0.138. The third-order valence-electron chi connectivity index (χ3n) is 1.80. The maximum Gasteiger partial charge on any atom is 0.212 e. The molecule has 0 bridgehead atoms. The number of nitrogens with zero attached hydrogens (tertiary/aromatic N) is 1. The highest BCUT2D eigenvalue weighted by Gasteiger charge is 2.09. The zero-order valence-electron chi connectivity index (χ0n) is 6.76. The fourth-order valence-corrected chi connectivity index (χ4v) is 1.96. The van der Waals surface area contributed by atoms with E-state index in [0.717, 1.165) is 0 Å². The first-order chi connectivity index (χ1) is 6.59. The van der Waals surface area contributed by atoms with Crippen LogP contribution in [0, 0.1) is 0 Å². The highest BCUT2D eigenvalue weighted by Crippen LogP contribution is 2.35. The van der Waals surface area contributed by atoms with Gasteiger partial charge in [0, 0.05) is 11.5 Å². The van der Waals surface area contributed by atoms with E-state index in [2.05, 4.69) is 4.98 Å². The summed E-state index contributed by atoms with van der Waals surface area (Å²) in [5.74, 6) is -0.138. The SMILES string of the molecule is Oc1cc(Cl)c2c(Cl)c(Cl)ccc2n1. The van der Waals surface area contributed by atoms with Crippen molar-refractivity contribution < 1.29 is 5.11 Å². The molecule has 0 unspecified atom stereocenters. The molecular weight excluding hydrogens is 244 g/mol. The first kappa shape index (κ1) is 9.84. The molecule has 0 aliphatic rings. The first-order valence-corrected chi connectivity index (χ1v) is 4.86. The number of rotatable bonds is 0. The summed E-state index contributed by atoms with van der Waals surface area (Å²) in [7, 11) is 0. The lowest BCUT2D eigenvalue weighted by Gasteiger charge is -2.04. The summed E-state index contributed by atoms with van der Waals surface area (Å²) >= 11 is 17.7. The van der Waals surface area contributed by atoms with Crippen LogP contribution in [0.5, 0.6) is 5.88 Å². The largest absolute Gasteiger partial charge is 0.493 e. The Labute approximate surface area is 95.0 Å². The Morgan fingerprint density at radius 2 is 1.79 bits per heavy atom. The molecule has 0 aliphatic carbocycles. The van der Waals surface area contributed by atoms with E-state index in [1.165, 1.54) is 6.07 Å². The third kappa shape index (κ3) is 1.50. The van der Waals surface area contributed by atoms with Crippen molar-refractivity contribution in [3.63, 3.8) is 0 Å². The van der Waals surface area contributed by atoms with E-state index in [9.17, 15) is 5.11 Å². The quantitative estimate of drug-likeness (QED) is 0.767. The number of hydrogen-bond acceptors (Lipinski definition) is 2. The summed E-state index contributed by atoms with van der Waals surface area (Å²) in [4.78, 5) is 3.87. The molecule has 0 saturated carbocycles. The summed E-state index contributed by atoms with van der Waals surface area (Å²) in [5.41, 5.74) is 0.518. The maximum absolute atomic E-state index is 9.20. The van der Waals surface area contributed by atoms with E-state index in [1.807, 2.05) is 0 Å². The highest BCUT2D eigenvalue weighted by atomic mass is 35.5. The molecule has 0 saturated heterocycles. The molecule has 5 heteroatoms. The Kier molecular flexibility index (Phi) is 2.43. The monoisotopic (exact) mass is 247 g/mol. The normalized spacial score (nSPS) is 10.8. The molecule has 1 aromatic heterocycles. The van der Waals surface area contributed by atoms with Gasteiger partial charge in [-0.25, -0.2) is 4.98 Å². The molecule has 0 aliphatic heterocycles. The molecular formula is C9H4Cl3NO. The van der Waals surface area contributed by atoms with Gasteiger partial charge < -0.3 is 5.11 Å². The standard InChI is InChI=1S/C9H4Cl3NO/c10-4-1-2-6-8(9(4)12)5(11)3-7(14)13-6/h1-3H,(H,13,14). The zero-order valence-corrected chi connectivity index (χ0v) is 9.03. The summed E-state index contributed by atoms with van der Waals surface area (Å²) < 4.78 is 0. The highest BCUT2D eigenvalue weighted by molar-refractivity contribution is 6.48. The van der Waals surface area contributed by atoms with Crippen molar-refractivity contribution in [3.8, 4) is 5.88 Å². The Morgan fingerprint density at radius 1 is 1.07 bits per heavy atom. The lowest BCUT2D eigenvalue weighted by atomic mass is 10.2. The Bertz CT molecular complexity index is 513. The van der Waals surface area contributed by atoms with Crippen LogP contribution in [-0.2, 0) is 0 Å². The molecule has 0 spiro atoms. The van der Waals surface area contributed by atoms with Gasteiger partial charge in [0.15, 0.2) is 0 Å². The van der Waals surface area contributed by atoms with E-state index in [1.54, 1.807) is 12.1 Å². The van der Waals surface area contributed by atoms with E-state index >= 15 is 0 Å². The number of pyridine rings is 1. The molecule has 0 amide bonds. The maximum atomic E-state index is 9.20. The van der Waals surface area contributed by atoms with Gasteiger partial charge in [-0.15, -0.1) is 0 Å². The molecule has 14 heavy (non-hydrogen) atoms. The summed E-state index contributed by atoms with van der Waals surface area (Å²) in [5, 5.41) is 10.8. The van der Waals surface area contributed by atoms with E-state index < -0.39 is 0 Å². The Balaban J connectivity index is 2.95. The number of benzene rings is 1. The number of hydrogen-bond donors (Lipinski definition) is 1. The van der Waals surface area contributed by atoms with E-state index in [0.29, 0.717) is 26.0 Å². The second kappa shape index (κ2) is 3.46. The van der Waals surface area contributed by atoms with Gasteiger partial charge in [-0.05, 0) is 12.1 Å². The molecule has 1 N–H and O–H groups in total. The van der Waals surface area contributed by atoms with Crippen LogP contribution in [0.1, 0.15) is 0 Å². The van der Waals surface area contributed by atoms with Crippen LogP contribution >= 0.6 is 34.8 Å². The van der Waals surface area contributed by atoms with Gasteiger partial charge in [-0.2, -0.15) is 0 Å². The fourth-order valence-electron chi connectivity index (χ4n) is 1.20. The van der Waals surface area contributed by atoms with Crippen molar-refractivity contribution in [3.05, 3.63) is 33.3 Å². The van der Waals surface area contributed by atoms with Gasteiger partial charge in [0.25, 0.3) is 0 Å². The average Bonchev–Trinajstić information content (AvgIpc) is 2.10. The molecule has 1 aromatic carbocycles. The van der Waals surface area contributed by atoms with Crippen molar-refractivity contribution in [1.29, 1.82) is 0 Å². The number of aromatic hydroxyl groups is 1. The number of aromatic nitrogens is 1. The topological polar surface area (TPSA) is 33.1 Å².